The Morgan fingerprint density at radius 1 is 1.45 bits per heavy atom. The van der Waals surface area contributed by atoms with E-state index in [1.807, 2.05) is 6.07 Å². The molecule has 1 aliphatic heterocycles. The molecule has 1 aromatic rings. The maximum absolute atomic E-state index is 13.5. The molecule has 0 radical (unpaired) electrons. The predicted octanol–water partition coefficient (Wildman–Crippen LogP) is 4.07. The molecule has 1 aromatic carbocycles. The molecule has 4 heteroatoms. The van der Waals surface area contributed by atoms with Gasteiger partial charge in [-0.1, -0.05) is 22.9 Å². The Labute approximate surface area is 129 Å². The lowest BCUT2D eigenvalue weighted by Gasteiger charge is -2.34. The molecule has 0 amide bonds. The molecule has 0 saturated carbocycles. The second-order valence-corrected chi connectivity index (χ2v) is 6.67. The van der Waals surface area contributed by atoms with Gasteiger partial charge in [-0.2, -0.15) is 0 Å². The summed E-state index contributed by atoms with van der Waals surface area (Å²) in [5.74, 6) is -0.193. The summed E-state index contributed by atoms with van der Waals surface area (Å²) < 4.78 is 20.3. The summed E-state index contributed by atoms with van der Waals surface area (Å²) in [7, 11) is 0. The van der Waals surface area contributed by atoms with Gasteiger partial charge in [0.1, 0.15) is 5.82 Å². The van der Waals surface area contributed by atoms with Gasteiger partial charge < -0.3 is 10.1 Å². The van der Waals surface area contributed by atoms with Crippen molar-refractivity contribution in [3.8, 4) is 0 Å². The summed E-state index contributed by atoms with van der Waals surface area (Å²) in [5, 5.41) is 3.58. The number of benzene rings is 1. The van der Waals surface area contributed by atoms with Crippen LogP contribution >= 0.6 is 15.9 Å². The van der Waals surface area contributed by atoms with E-state index in [4.69, 9.17) is 4.74 Å². The molecular formula is C16H23BrFNO. The van der Waals surface area contributed by atoms with Gasteiger partial charge in [-0.3, -0.25) is 0 Å². The Hall–Kier alpha value is -0.450. The van der Waals surface area contributed by atoms with E-state index >= 15 is 0 Å². The van der Waals surface area contributed by atoms with Crippen LogP contribution < -0.4 is 5.32 Å². The lowest BCUT2D eigenvalue weighted by atomic mass is 9.88. The highest BCUT2D eigenvalue weighted by Gasteiger charge is 2.38. The van der Waals surface area contributed by atoms with Crippen LogP contribution in [0.4, 0.5) is 4.39 Å². The largest absolute Gasteiger partial charge is 0.374 e. The van der Waals surface area contributed by atoms with Crippen LogP contribution in [0.5, 0.6) is 0 Å². The summed E-state index contributed by atoms with van der Waals surface area (Å²) in [6.07, 6.45) is 4.03. The Morgan fingerprint density at radius 3 is 2.85 bits per heavy atom. The molecule has 0 aromatic heterocycles. The minimum Gasteiger partial charge on any atom is -0.374 e. The van der Waals surface area contributed by atoms with Crippen LogP contribution in [0.1, 0.15) is 38.7 Å². The van der Waals surface area contributed by atoms with Crippen molar-refractivity contribution < 1.29 is 9.13 Å². The van der Waals surface area contributed by atoms with E-state index in [0.29, 0.717) is 0 Å². The molecule has 2 atom stereocenters. The minimum atomic E-state index is -0.193. The molecule has 1 fully saturated rings. The van der Waals surface area contributed by atoms with Gasteiger partial charge in [0, 0.05) is 17.1 Å². The van der Waals surface area contributed by atoms with Crippen molar-refractivity contribution in [2.24, 2.45) is 0 Å². The first-order chi connectivity index (χ1) is 9.53. The van der Waals surface area contributed by atoms with E-state index in [2.05, 4.69) is 35.1 Å². The first-order valence-corrected chi connectivity index (χ1v) is 8.15. The Balaban J connectivity index is 2.14. The number of ether oxygens (including phenoxy) is 1. The van der Waals surface area contributed by atoms with Gasteiger partial charge in [0.15, 0.2) is 0 Å². The van der Waals surface area contributed by atoms with E-state index < -0.39 is 0 Å². The summed E-state index contributed by atoms with van der Waals surface area (Å²) in [4.78, 5) is 0. The van der Waals surface area contributed by atoms with E-state index in [1.54, 1.807) is 6.07 Å². The van der Waals surface area contributed by atoms with Crippen LogP contribution in [-0.2, 0) is 11.2 Å². The third kappa shape index (κ3) is 4.03. The maximum Gasteiger partial charge on any atom is 0.124 e. The number of hydrogen-bond acceptors (Lipinski definition) is 2. The zero-order valence-corrected chi connectivity index (χ0v) is 13.8. The molecule has 1 heterocycles. The van der Waals surface area contributed by atoms with E-state index in [9.17, 15) is 4.39 Å². The zero-order valence-electron chi connectivity index (χ0n) is 12.2. The van der Waals surface area contributed by atoms with Gasteiger partial charge in [0.25, 0.3) is 0 Å². The Morgan fingerprint density at radius 2 is 2.25 bits per heavy atom. The number of hydrogen-bond donors (Lipinski definition) is 1. The average molecular weight is 344 g/mol. The van der Waals surface area contributed by atoms with Crippen molar-refractivity contribution in [2.45, 2.75) is 51.2 Å². The highest BCUT2D eigenvalue weighted by molar-refractivity contribution is 9.10. The highest BCUT2D eigenvalue weighted by atomic mass is 79.9. The predicted molar refractivity (Wildman–Crippen MR) is 83.5 cm³/mol. The van der Waals surface area contributed by atoms with Crippen molar-refractivity contribution in [2.75, 3.05) is 13.2 Å². The molecule has 112 valence electrons. The van der Waals surface area contributed by atoms with Crippen molar-refractivity contribution in [3.05, 3.63) is 34.1 Å². The molecule has 20 heavy (non-hydrogen) atoms. The number of halogens is 2. The number of nitrogens with one attached hydrogen (secondary N) is 1. The van der Waals surface area contributed by atoms with Crippen LogP contribution in [0.3, 0.4) is 0 Å². The smallest absolute Gasteiger partial charge is 0.124 e. The van der Waals surface area contributed by atoms with E-state index in [0.717, 1.165) is 48.9 Å². The minimum absolute atomic E-state index is 0.145. The fourth-order valence-corrected chi connectivity index (χ4v) is 3.38. The maximum atomic E-state index is 13.5. The van der Waals surface area contributed by atoms with Crippen molar-refractivity contribution >= 4 is 15.9 Å². The van der Waals surface area contributed by atoms with Crippen LogP contribution in [0.2, 0.25) is 0 Å². The summed E-state index contributed by atoms with van der Waals surface area (Å²) >= 11 is 3.36. The van der Waals surface area contributed by atoms with Crippen LogP contribution in [0.15, 0.2) is 22.7 Å². The first-order valence-electron chi connectivity index (χ1n) is 7.36. The molecule has 1 N–H and O–H groups in total. The van der Waals surface area contributed by atoms with Gasteiger partial charge in [-0.25, -0.2) is 4.39 Å². The van der Waals surface area contributed by atoms with Crippen molar-refractivity contribution in [1.82, 2.24) is 5.32 Å². The third-order valence-corrected chi connectivity index (χ3v) is 4.45. The third-order valence-electron chi connectivity index (χ3n) is 3.99. The molecule has 2 nitrogen and oxygen atoms in total. The fraction of sp³-hybridized carbons (Fsp3) is 0.625. The average Bonchev–Trinajstić information content (AvgIpc) is 2.81. The molecule has 1 saturated heterocycles. The van der Waals surface area contributed by atoms with Gasteiger partial charge in [0.2, 0.25) is 0 Å². The first kappa shape index (κ1) is 15.9. The van der Waals surface area contributed by atoms with E-state index in [-0.39, 0.29) is 17.5 Å². The second kappa shape index (κ2) is 7.01. The summed E-state index contributed by atoms with van der Waals surface area (Å²) in [6.45, 7) is 6.11. The van der Waals surface area contributed by atoms with Crippen molar-refractivity contribution in [1.29, 1.82) is 0 Å². The summed E-state index contributed by atoms with van der Waals surface area (Å²) in [6, 6.07) is 5.32. The van der Waals surface area contributed by atoms with Crippen molar-refractivity contribution in [3.63, 3.8) is 0 Å². The fourth-order valence-electron chi connectivity index (χ4n) is 2.86. The van der Waals surface area contributed by atoms with Crippen LogP contribution in [0.25, 0.3) is 0 Å². The molecule has 0 aliphatic carbocycles. The van der Waals surface area contributed by atoms with Crippen LogP contribution in [0, 0.1) is 5.82 Å². The number of rotatable bonds is 6. The SMILES string of the molecule is CCCNC(Cc1cc(F)cc(Br)c1)C1(C)CCCO1. The Kier molecular flexibility index (Phi) is 5.58. The zero-order chi connectivity index (χ0) is 14.6. The van der Waals surface area contributed by atoms with Gasteiger partial charge in [0.05, 0.1) is 5.60 Å². The Bertz CT molecular complexity index is 426. The lowest BCUT2D eigenvalue weighted by Crippen LogP contribution is -2.50. The monoisotopic (exact) mass is 343 g/mol. The molecular weight excluding hydrogens is 321 g/mol. The van der Waals surface area contributed by atoms with E-state index in [1.165, 1.54) is 6.07 Å². The molecule has 0 spiro atoms. The summed E-state index contributed by atoms with van der Waals surface area (Å²) in [5.41, 5.74) is 0.857. The molecule has 2 rings (SSSR count). The quantitative estimate of drug-likeness (QED) is 0.840. The standard InChI is InChI=1S/C16H23BrFNO/c1-3-6-19-15(16(2)5-4-7-20-16)10-12-8-13(17)11-14(18)9-12/h8-9,11,15,19H,3-7,10H2,1-2H3. The lowest BCUT2D eigenvalue weighted by molar-refractivity contribution is -0.0114. The van der Waals surface area contributed by atoms with Gasteiger partial charge in [-0.05, 0) is 62.9 Å². The molecule has 0 bridgehead atoms. The molecule has 2 unspecified atom stereocenters. The second-order valence-electron chi connectivity index (χ2n) is 5.75. The van der Waals surface area contributed by atoms with Gasteiger partial charge in [-0.15, -0.1) is 0 Å². The normalized spacial score (nSPS) is 24.0. The molecule has 1 aliphatic rings. The highest BCUT2D eigenvalue weighted by Crippen LogP contribution is 2.31. The van der Waals surface area contributed by atoms with Gasteiger partial charge >= 0.3 is 0 Å². The topological polar surface area (TPSA) is 21.3 Å². The van der Waals surface area contributed by atoms with Crippen LogP contribution in [-0.4, -0.2) is 24.8 Å².